The average molecular weight is 569 g/mol. The van der Waals surface area contributed by atoms with Crippen LogP contribution in [0.25, 0.3) is 28.1 Å². The Kier molecular flexibility index (Phi) is 8.25. The zero-order valence-electron chi connectivity index (χ0n) is 22.0. The maximum atomic E-state index is 13.0. The molecule has 12 heteroatoms. The molecule has 0 amide bonds. The molecule has 1 unspecified atom stereocenters. The van der Waals surface area contributed by atoms with E-state index in [0.29, 0.717) is 5.69 Å². The van der Waals surface area contributed by atoms with E-state index in [0.717, 1.165) is 54.0 Å². The molecule has 212 valence electrons. The van der Waals surface area contributed by atoms with E-state index in [1.165, 1.54) is 6.08 Å². The number of aliphatic hydroxyl groups excluding tert-OH is 3. The number of morpholine rings is 1. The van der Waals surface area contributed by atoms with Gasteiger partial charge in [0, 0.05) is 37.2 Å². The van der Waals surface area contributed by atoms with Crippen molar-refractivity contribution in [1.29, 1.82) is 5.26 Å². The van der Waals surface area contributed by atoms with Gasteiger partial charge in [-0.25, -0.2) is 13.1 Å². The smallest absolute Gasteiger partial charge is 0.251 e. The van der Waals surface area contributed by atoms with Crippen LogP contribution in [0.15, 0.2) is 53.4 Å². The topological polar surface area (TPSA) is 157 Å². The quantitative estimate of drug-likeness (QED) is 0.305. The van der Waals surface area contributed by atoms with Gasteiger partial charge in [0.15, 0.2) is 4.91 Å². The molecule has 3 aromatic rings. The summed E-state index contributed by atoms with van der Waals surface area (Å²) in [5.74, 6) is 0. The first-order valence-electron chi connectivity index (χ1n) is 13.0. The fraction of sp³-hybridized carbons (Fsp3) is 0.393. The first kappa shape index (κ1) is 28.3. The van der Waals surface area contributed by atoms with Gasteiger partial charge in [-0.05, 0) is 52.7 Å². The van der Waals surface area contributed by atoms with Crippen molar-refractivity contribution in [1.82, 2.24) is 9.29 Å². The van der Waals surface area contributed by atoms with Crippen LogP contribution >= 0.6 is 0 Å². The Balaban J connectivity index is 1.37. The number of anilines is 1. The lowest BCUT2D eigenvalue weighted by atomic mass is 9.99. The van der Waals surface area contributed by atoms with Gasteiger partial charge in [-0.15, -0.1) is 0 Å². The monoisotopic (exact) mass is 568 g/mol. The van der Waals surface area contributed by atoms with E-state index in [1.807, 2.05) is 12.1 Å². The molecular weight excluding hydrogens is 536 g/mol. The minimum atomic E-state index is -4.35. The van der Waals surface area contributed by atoms with E-state index in [-0.39, 0.29) is 6.61 Å². The molecule has 2 saturated heterocycles. The number of aliphatic hydroxyl groups is 3. The third-order valence-corrected chi connectivity index (χ3v) is 8.86. The van der Waals surface area contributed by atoms with Gasteiger partial charge in [0.1, 0.15) is 24.4 Å². The second-order valence-electron chi connectivity index (χ2n) is 9.93. The van der Waals surface area contributed by atoms with E-state index in [2.05, 4.69) is 40.0 Å². The van der Waals surface area contributed by atoms with Gasteiger partial charge in [-0.2, -0.15) is 5.26 Å². The second kappa shape index (κ2) is 11.7. The summed E-state index contributed by atoms with van der Waals surface area (Å²) in [4.78, 5) is 1.75. The fourth-order valence-corrected chi connectivity index (χ4v) is 6.22. The van der Waals surface area contributed by atoms with E-state index < -0.39 is 45.9 Å². The maximum Gasteiger partial charge on any atom is 0.251 e. The highest BCUT2D eigenvalue weighted by Crippen LogP contribution is 2.29. The van der Waals surface area contributed by atoms with Gasteiger partial charge < -0.3 is 34.3 Å². The Morgan fingerprint density at radius 3 is 2.55 bits per heavy atom. The first-order chi connectivity index (χ1) is 19.2. The van der Waals surface area contributed by atoms with Crippen molar-refractivity contribution in [2.75, 3.05) is 44.4 Å². The average Bonchev–Trinajstić information content (AvgIpc) is 3.33. The number of nitrogens with zero attached hydrogens (tertiary/aromatic N) is 3. The third kappa shape index (κ3) is 5.63. The van der Waals surface area contributed by atoms with Crippen LogP contribution in [0.2, 0.25) is 0 Å². The number of nitrogens with one attached hydrogen (secondary N) is 1. The highest BCUT2D eigenvalue weighted by atomic mass is 32.2. The Morgan fingerprint density at radius 2 is 1.82 bits per heavy atom. The number of allylic oxidation sites excluding steroid dienone is 1. The van der Waals surface area contributed by atoms with Crippen molar-refractivity contribution < 1.29 is 33.2 Å². The number of benzene rings is 2. The molecule has 2 aromatic carbocycles. The summed E-state index contributed by atoms with van der Waals surface area (Å²) in [6, 6.07) is 16.6. The van der Waals surface area contributed by atoms with Gasteiger partial charge in [-0.3, -0.25) is 0 Å². The molecule has 0 bridgehead atoms. The molecule has 0 spiro atoms. The first-order valence-corrected chi connectivity index (χ1v) is 14.5. The summed E-state index contributed by atoms with van der Waals surface area (Å²) in [6.45, 7) is 2.37. The molecule has 4 N–H and O–H groups in total. The summed E-state index contributed by atoms with van der Waals surface area (Å²) in [6.07, 6.45) is -2.76. The van der Waals surface area contributed by atoms with Crippen molar-refractivity contribution in [3.05, 3.63) is 59.1 Å². The SMILES string of the molecule is Cn1c(/C=C(\C#N)S(=O)(=O)NC2CO[C@H](CO)[C@@H](O)[C@@H]2O)ccc1-c1ccc2cc(N3CCOCC3)ccc2c1. The van der Waals surface area contributed by atoms with E-state index in [1.54, 1.807) is 23.8 Å². The summed E-state index contributed by atoms with van der Waals surface area (Å²) >= 11 is 0. The molecule has 0 radical (unpaired) electrons. The predicted molar refractivity (Wildman–Crippen MR) is 150 cm³/mol. The molecule has 2 aliphatic rings. The van der Waals surface area contributed by atoms with Crippen molar-refractivity contribution >= 4 is 32.6 Å². The zero-order valence-corrected chi connectivity index (χ0v) is 22.8. The molecular formula is C28H32N4O7S. The van der Waals surface area contributed by atoms with Gasteiger partial charge >= 0.3 is 0 Å². The number of sulfonamides is 1. The van der Waals surface area contributed by atoms with Crippen LogP contribution in [0, 0.1) is 11.3 Å². The molecule has 3 heterocycles. The summed E-state index contributed by atoms with van der Waals surface area (Å²) in [5, 5.41) is 41.4. The van der Waals surface area contributed by atoms with Crippen molar-refractivity contribution in [2.45, 2.75) is 24.4 Å². The lowest BCUT2D eigenvalue weighted by Crippen LogP contribution is -2.59. The largest absolute Gasteiger partial charge is 0.394 e. The molecule has 0 aliphatic carbocycles. The molecule has 2 aliphatic heterocycles. The maximum absolute atomic E-state index is 13.0. The van der Waals surface area contributed by atoms with E-state index in [9.17, 15) is 29.0 Å². The van der Waals surface area contributed by atoms with Crippen LogP contribution in [0.3, 0.4) is 0 Å². The fourth-order valence-electron chi connectivity index (χ4n) is 5.09. The van der Waals surface area contributed by atoms with Crippen LogP contribution < -0.4 is 9.62 Å². The minimum absolute atomic E-state index is 0.272. The minimum Gasteiger partial charge on any atom is -0.394 e. The van der Waals surface area contributed by atoms with Crippen LogP contribution in [0.5, 0.6) is 0 Å². The number of ether oxygens (including phenoxy) is 2. The van der Waals surface area contributed by atoms with Crippen LogP contribution in [0.1, 0.15) is 5.69 Å². The number of nitriles is 1. The normalized spacial score (nSPS) is 24.3. The molecule has 11 nitrogen and oxygen atoms in total. The molecule has 0 saturated carbocycles. The molecule has 40 heavy (non-hydrogen) atoms. The Bertz CT molecular complexity index is 1560. The Labute approximate surface area is 232 Å². The highest BCUT2D eigenvalue weighted by molar-refractivity contribution is 7.93. The van der Waals surface area contributed by atoms with Gasteiger partial charge in [0.05, 0.1) is 32.5 Å². The standard InChI is InChI=1S/C28H32N4O7S/c1-31-21(14-23(15-29)40(36,37)30-24-17-39-26(16-33)28(35)27(24)34)6-7-25(31)20-3-2-19-13-22(5-4-18(19)12-20)32-8-10-38-11-9-32/h2-7,12-14,24,26-28,30,33-35H,8-11,16-17H2,1H3/b23-14+/t24?,26-,27-,28-/m1/s1. The van der Waals surface area contributed by atoms with Gasteiger partial charge in [0.2, 0.25) is 0 Å². The molecule has 4 atom stereocenters. The molecule has 1 aromatic heterocycles. The zero-order chi connectivity index (χ0) is 28.4. The highest BCUT2D eigenvalue weighted by Gasteiger charge is 2.40. The molecule has 2 fully saturated rings. The van der Waals surface area contributed by atoms with Crippen LogP contribution in [-0.4, -0.2) is 92.2 Å². The predicted octanol–water partition coefficient (Wildman–Crippen LogP) is 0.947. The van der Waals surface area contributed by atoms with Gasteiger partial charge in [-0.1, -0.05) is 18.2 Å². The summed E-state index contributed by atoms with van der Waals surface area (Å²) in [5.41, 5.74) is 3.41. The van der Waals surface area contributed by atoms with Gasteiger partial charge in [0.25, 0.3) is 10.0 Å². The van der Waals surface area contributed by atoms with Crippen molar-refractivity contribution in [2.24, 2.45) is 7.05 Å². The Morgan fingerprint density at radius 1 is 1.10 bits per heavy atom. The number of hydrogen-bond donors (Lipinski definition) is 4. The van der Waals surface area contributed by atoms with Crippen molar-refractivity contribution in [3.8, 4) is 17.3 Å². The molecule has 5 rings (SSSR count). The third-order valence-electron chi connectivity index (χ3n) is 7.45. The summed E-state index contributed by atoms with van der Waals surface area (Å²) < 4.78 is 40.7. The van der Waals surface area contributed by atoms with Crippen LogP contribution in [-0.2, 0) is 26.5 Å². The number of fused-ring (bicyclic) bond motifs is 1. The Hall–Kier alpha value is -3.28. The van der Waals surface area contributed by atoms with Crippen molar-refractivity contribution in [3.63, 3.8) is 0 Å². The van der Waals surface area contributed by atoms with E-state index >= 15 is 0 Å². The number of rotatable bonds is 7. The lowest BCUT2D eigenvalue weighted by molar-refractivity contribution is -0.158. The van der Waals surface area contributed by atoms with E-state index in [4.69, 9.17) is 9.47 Å². The van der Waals surface area contributed by atoms with Crippen LogP contribution in [0.4, 0.5) is 5.69 Å². The lowest BCUT2D eigenvalue weighted by Gasteiger charge is -2.36. The number of aromatic nitrogens is 1. The summed E-state index contributed by atoms with van der Waals surface area (Å²) in [7, 11) is -2.57. The second-order valence-corrected chi connectivity index (χ2v) is 11.6. The number of hydrogen-bond acceptors (Lipinski definition) is 9.